The van der Waals surface area contributed by atoms with Crippen LogP contribution in [0.15, 0.2) is 0 Å². The van der Waals surface area contributed by atoms with Crippen molar-refractivity contribution in [3.05, 3.63) is 0 Å². The molecule has 0 bridgehead atoms. The summed E-state index contributed by atoms with van der Waals surface area (Å²) in [6.07, 6.45) is -2.24. The fraction of sp³-hybridized carbons (Fsp3) is 0.833. The molecule has 0 saturated heterocycles. The molecule has 0 aromatic carbocycles. The lowest BCUT2D eigenvalue weighted by atomic mass is 10.1. The van der Waals surface area contributed by atoms with Crippen molar-refractivity contribution < 1.29 is 14.0 Å². The van der Waals surface area contributed by atoms with Crippen molar-refractivity contribution in [2.24, 2.45) is 11.7 Å². The standard InChI is InChI=1S/C6H13NO2/c1-4(2)3-5(7)6(8)9/h4-5H,3,7H2,1-2H3,(H,8,9)/t5-/m0/s1/i3D2,5D. The minimum Gasteiger partial charge on any atom is -0.480 e. The largest absolute Gasteiger partial charge is 0.480 e. The number of nitrogens with two attached hydrogens (primary N) is 1. The molecule has 0 aromatic heterocycles. The van der Waals surface area contributed by atoms with Gasteiger partial charge >= 0.3 is 5.97 Å². The summed E-state index contributed by atoms with van der Waals surface area (Å²) < 4.78 is 21.7. The predicted molar refractivity (Wildman–Crippen MR) is 35.1 cm³/mol. The van der Waals surface area contributed by atoms with E-state index in [4.69, 9.17) is 15.0 Å². The molecular formula is C6H13NO2. The first-order valence-corrected chi connectivity index (χ1v) is 2.66. The molecule has 0 heterocycles. The lowest BCUT2D eigenvalue weighted by molar-refractivity contribution is -0.138. The summed E-state index contributed by atoms with van der Waals surface area (Å²) in [6, 6.07) is -2.58. The van der Waals surface area contributed by atoms with Gasteiger partial charge < -0.3 is 10.8 Å². The predicted octanol–water partition coefficient (Wildman–Crippen LogP) is 0.444. The maximum Gasteiger partial charge on any atom is 0.320 e. The van der Waals surface area contributed by atoms with Crippen LogP contribution in [0, 0.1) is 5.92 Å². The molecule has 0 aliphatic rings. The summed E-state index contributed by atoms with van der Waals surface area (Å²) in [5.74, 6) is -2.27. The lowest BCUT2D eigenvalue weighted by Crippen LogP contribution is -2.31. The molecule has 0 radical (unpaired) electrons. The smallest absolute Gasteiger partial charge is 0.320 e. The van der Waals surface area contributed by atoms with Gasteiger partial charge in [0.25, 0.3) is 0 Å². The molecule has 3 N–H and O–H groups in total. The Morgan fingerprint density at radius 1 is 2.00 bits per heavy atom. The van der Waals surface area contributed by atoms with Gasteiger partial charge in [-0.3, -0.25) is 4.79 Å². The number of hydrogen-bond donors (Lipinski definition) is 2. The molecule has 0 spiro atoms. The monoisotopic (exact) mass is 134 g/mol. The molecule has 3 heteroatoms. The van der Waals surface area contributed by atoms with Gasteiger partial charge in [0.15, 0.2) is 0 Å². The van der Waals surface area contributed by atoms with E-state index in [1.807, 2.05) is 0 Å². The molecular weight excluding hydrogens is 118 g/mol. The Labute approximate surface area is 59.1 Å². The lowest BCUT2D eigenvalue weighted by Gasteiger charge is -2.07. The van der Waals surface area contributed by atoms with Crippen LogP contribution in [0.25, 0.3) is 0 Å². The second-order valence-corrected chi connectivity index (χ2v) is 2.02. The second-order valence-electron chi connectivity index (χ2n) is 2.02. The topological polar surface area (TPSA) is 63.3 Å². The number of hydrogen-bond acceptors (Lipinski definition) is 2. The normalized spacial score (nSPS) is 23.8. The van der Waals surface area contributed by atoms with Gasteiger partial charge in [-0.25, -0.2) is 0 Å². The molecule has 1 atom stereocenters. The van der Waals surface area contributed by atoms with E-state index in [1.54, 1.807) is 0 Å². The van der Waals surface area contributed by atoms with Gasteiger partial charge in [-0.1, -0.05) is 13.8 Å². The third-order valence-corrected chi connectivity index (χ3v) is 0.675. The number of carboxylic acids is 1. The maximum atomic E-state index is 10.4. The minimum absolute atomic E-state index is 0.615. The van der Waals surface area contributed by atoms with Gasteiger partial charge in [-0.2, -0.15) is 0 Å². The summed E-state index contributed by atoms with van der Waals surface area (Å²) in [7, 11) is 0. The Balaban J connectivity index is 4.88. The summed E-state index contributed by atoms with van der Waals surface area (Å²) in [6.45, 7) is 2.97. The van der Waals surface area contributed by atoms with Gasteiger partial charge in [0.05, 0.1) is 1.37 Å². The second kappa shape index (κ2) is 3.45. The van der Waals surface area contributed by atoms with E-state index >= 15 is 0 Å². The van der Waals surface area contributed by atoms with Crippen molar-refractivity contribution in [2.45, 2.75) is 26.2 Å². The first kappa shape index (κ1) is 4.28. The van der Waals surface area contributed by atoms with E-state index < -0.39 is 24.3 Å². The fourth-order valence-electron chi connectivity index (χ4n) is 0.373. The average molecular weight is 134 g/mol. The maximum absolute atomic E-state index is 10.4. The zero-order valence-corrected chi connectivity index (χ0v) is 5.51. The molecule has 0 fully saturated rings. The van der Waals surface area contributed by atoms with Crippen LogP contribution < -0.4 is 5.73 Å². The fourth-order valence-corrected chi connectivity index (χ4v) is 0.373. The minimum atomic E-state index is -2.58. The van der Waals surface area contributed by atoms with Crippen molar-refractivity contribution in [3.8, 4) is 0 Å². The van der Waals surface area contributed by atoms with Crippen molar-refractivity contribution >= 4 is 5.97 Å². The first-order chi connectivity index (χ1) is 5.14. The SMILES string of the molecule is [2H]C([2H])(C(C)C)[C@]([2H])(N)C(=O)O. The quantitative estimate of drug-likeness (QED) is 0.588. The van der Waals surface area contributed by atoms with Crippen LogP contribution in [0.2, 0.25) is 0 Å². The molecule has 0 unspecified atom stereocenters. The van der Waals surface area contributed by atoms with Crippen molar-refractivity contribution in [1.29, 1.82) is 0 Å². The van der Waals surface area contributed by atoms with Gasteiger partial charge in [0.1, 0.15) is 6.02 Å². The number of carbonyl (C=O) groups is 1. The van der Waals surface area contributed by atoms with Crippen LogP contribution in [-0.2, 0) is 4.79 Å². The van der Waals surface area contributed by atoms with Crippen LogP contribution >= 0.6 is 0 Å². The van der Waals surface area contributed by atoms with E-state index in [0.29, 0.717) is 0 Å². The molecule has 9 heavy (non-hydrogen) atoms. The van der Waals surface area contributed by atoms with E-state index in [0.717, 1.165) is 0 Å². The zero-order chi connectivity index (χ0) is 10.2. The highest BCUT2D eigenvalue weighted by atomic mass is 16.4. The summed E-state index contributed by atoms with van der Waals surface area (Å²) in [5, 5.41) is 8.47. The zero-order valence-electron chi connectivity index (χ0n) is 8.51. The Kier molecular flexibility index (Phi) is 1.64. The highest BCUT2D eigenvalue weighted by Crippen LogP contribution is 2.01. The molecule has 0 aliphatic heterocycles. The summed E-state index contributed by atoms with van der Waals surface area (Å²) in [4.78, 5) is 10.4. The Hall–Kier alpha value is -0.570. The van der Waals surface area contributed by atoms with Crippen molar-refractivity contribution in [3.63, 3.8) is 0 Å². The van der Waals surface area contributed by atoms with E-state index in [2.05, 4.69) is 0 Å². The van der Waals surface area contributed by atoms with E-state index in [9.17, 15) is 4.79 Å². The van der Waals surface area contributed by atoms with E-state index in [1.165, 1.54) is 13.8 Å². The van der Waals surface area contributed by atoms with E-state index in [-0.39, 0.29) is 0 Å². The number of carboxylic acid groups (broad SMARTS) is 1. The molecule has 3 nitrogen and oxygen atoms in total. The van der Waals surface area contributed by atoms with Crippen LogP contribution in [0.4, 0.5) is 0 Å². The average Bonchev–Trinajstić information content (AvgIpc) is 1.86. The van der Waals surface area contributed by atoms with Crippen LogP contribution in [0.3, 0.4) is 0 Å². The number of rotatable bonds is 3. The third kappa shape index (κ3) is 3.97. The molecule has 0 saturated carbocycles. The molecule has 54 valence electrons. The van der Waals surface area contributed by atoms with Gasteiger partial charge in [-0.15, -0.1) is 0 Å². The van der Waals surface area contributed by atoms with Gasteiger partial charge in [0, 0.05) is 2.74 Å². The van der Waals surface area contributed by atoms with Gasteiger partial charge in [0.2, 0.25) is 0 Å². The Bertz CT molecular complexity index is 191. The summed E-state index contributed by atoms with van der Waals surface area (Å²) >= 11 is 0. The van der Waals surface area contributed by atoms with Crippen molar-refractivity contribution in [1.82, 2.24) is 0 Å². The highest BCUT2D eigenvalue weighted by molar-refractivity contribution is 5.72. The number of aliphatic carboxylic acids is 1. The molecule has 0 rings (SSSR count). The molecule has 0 aromatic rings. The summed E-state index contributed by atoms with van der Waals surface area (Å²) in [5.41, 5.74) is 5.03. The van der Waals surface area contributed by atoms with Crippen LogP contribution in [0.1, 0.15) is 24.3 Å². The Morgan fingerprint density at radius 3 is 2.56 bits per heavy atom. The van der Waals surface area contributed by atoms with Crippen LogP contribution in [0.5, 0.6) is 0 Å². The van der Waals surface area contributed by atoms with Gasteiger partial charge in [-0.05, 0) is 12.3 Å². The third-order valence-electron chi connectivity index (χ3n) is 0.675. The Morgan fingerprint density at radius 2 is 2.44 bits per heavy atom. The molecule has 0 aliphatic carbocycles. The van der Waals surface area contributed by atoms with Crippen molar-refractivity contribution in [2.75, 3.05) is 0 Å². The molecule has 0 amide bonds. The highest BCUT2D eigenvalue weighted by Gasteiger charge is 2.11. The van der Waals surface area contributed by atoms with Crippen LogP contribution in [-0.4, -0.2) is 17.1 Å². The first-order valence-electron chi connectivity index (χ1n) is 4.16.